The Kier molecular flexibility index (Phi) is 6.45. The van der Waals surface area contributed by atoms with E-state index in [1.165, 1.54) is 0 Å². The van der Waals surface area contributed by atoms with Gasteiger partial charge in [-0.1, -0.05) is 13.8 Å². The van der Waals surface area contributed by atoms with E-state index in [0.29, 0.717) is 6.54 Å². The maximum Gasteiger partial charge on any atom is 0.225 e. The highest BCUT2D eigenvalue weighted by Crippen LogP contribution is 2.29. The van der Waals surface area contributed by atoms with Gasteiger partial charge in [0.2, 0.25) is 10.0 Å². The van der Waals surface area contributed by atoms with Crippen LogP contribution in [0.1, 0.15) is 26.7 Å². The summed E-state index contributed by atoms with van der Waals surface area (Å²) in [7, 11) is -3.28. The average Bonchev–Trinajstić information content (AvgIpc) is 2.21. The molecular weight excluding hydrogens is 242 g/mol. The third-order valence-corrected chi connectivity index (χ3v) is 5.80. The van der Waals surface area contributed by atoms with Crippen LogP contribution in [-0.2, 0) is 10.0 Å². The monoisotopic (exact) mass is 259 g/mol. The number of alkyl halides is 1. The fourth-order valence-electron chi connectivity index (χ4n) is 1.14. The van der Waals surface area contributed by atoms with Crippen LogP contribution in [0, 0.1) is 0 Å². The molecule has 0 saturated heterocycles. The minimum absolute atomic E-state index is 0.000864. The number of hydrogen-bond acceptors (Lipinski definition) is 3. The zero-order chi connectivity index (χ0) is 11.2. The zero-order valence-corrected chi connectivity index (χ0v) is 11.2. The molecule has 0 aromatic carbocycles. The molecule has 0 aromatic rings. The molecule has 0 radical (unpaired) electrons. The standard InChI is InChI=1S/C8H18ClNO2S2/c1-4-8(5-2,13-3)6-10-14(11,12)7-9/h10H,4-7H2,1-3H3. The van der Waals surface area contributed by atoms with Crippen LogP contribution in [-0.4, -0.2) is 31.2 Å². The van der Waals surface area contributed by atoms with E-state index in [-0.39, 0.29) is 9.96 Å². The molecule has 86 valence electrons. The van der Waals surface area contributed by atoms with Crippen molar-refractivity contribution in [3.05, 3.63) is 0 Å². The first kappa shape index (κ1) is 14.6. The Morgan fingerprint density at radius 1 is 1.36 bits per heavy atom. The summed E-state index contributed by atoms with van der Waals surface area (Å²) in [6.07, 6.45) is 3.88. The van der Waals surface area contributed by atoms with Gasteiger partial charge in [0.25, 0.3) is 0 Å². The van der Waals surface area contributed by atoms with Gasteiger partial charge in [0.15, 0.2) is 0 Å². The molecule has 0 atom stereocenters. The lowest BCUT2D eigenvalue weighted by Gasteiger charge is -2.29. The van der Waals surface area contributed by atoms with Crippen LogP contribution in [0.3, 0.4) is 0 Å². The lowest BCUT2D eigenvalue weighted by atomic mass is 10.0. The normalized spacial score (nSPS) is 13.1. The molecule has 6 heteroatoms. The zero-order valence-electron chi connectivity index (χ0n) is 8.84. The molecule has 3 nitrogen and oxygen atoms in total. The van der Waals surface area contributed by atoms with Gasteiger partial charge < -0.3 is 0 Å². The van der Waals surface area contributed by atoms with E-state index >= 15 is 0 Å². The second-order valence-corrected chi connectivity index (χ2v) is 6.80. The summed E-state index contributed by atoms with van der Waals surface area (Å²) in [4.78, 5) is 0. The van der Waals surface area contributed by atoms with Crippen LogP contribution >= 0.6 is 23.4 Å². The van der Waals surface area contributed by atoms with Gasteiger partial charge in [-0.3, -0.25) is 0 Å². The Morgan fingerprint density at radius 2 is 1.86 bits per heavy atom. The van der Waals surface area contributed by atoms with E-state index in [1.807, 2.05) is 6.26 Å². The van der Waals surface area contributed by atoms with Crippen molar-refractivity contribution in [1.29, 1.82) is 0 Å². The van der Waals surface area contributed by atoms with Crippen LogP contribution in [0.2, 0.25) is 0 Å². The molecule has 0 saturated carbocycles. The Bertz CT molecular complexity index is 242. The molecule has 0 bridgehead atoms. The van der Waals surface area contributed by atoms with E-state index in [0.717, 1.165) is 12.8 Å². The van der Waals surface area contributed by atoms with Crippen molar-refractivity contribution >= 4 is 33.4 Å². The van der Waals surface area contributed by atoms with E-state index in [2.05, 4.69) is 18.6 Å². The minimum atomic E-state index is -3.28. The van der Waals surface area contributed by atoms with Gasteiger partial charge in [-0.2, -0.15) is 11.8 Å². The first-order valence-electron chi connectivity index (χ1n) is 4.53. The average molecular weight is 260 g/mol. The number of rotatable bonds is 7. The number of hydrogen-bond donors (Lipinski definition) is 1. The Morgan fingerprint density at radius 3 is 2.14 bits per heavy atom. The highest BCUT2D eigenvalue weighted by atomic mass is 35.5. The number of thioether (sulfide) groups is 1. The molecule has 0 rings (SSSR count). The third kappa shape index (κ3) is 4.38. The van der Waals surface area contributed by atoms with Crippen molar-refractivity contribution in [2.45, 2.75) is 31.4 Å². The van der Waals surface area contributed by atoms with Gasteiger partial charge in [-0.05, 0) is 19.1 Å². The molecule has 0 fully saturated rings. The van der Waals surface area contributed by atoms with E-state index in [1.54, 1.807) is 11.8 Å². The van der Waals surface area contributed by atoms with Crippen LogP contribution in [0.4, 0.5) is 0 Å². The Labute approximate surface area is 96.0 Å². The Hall–Kier alpha value is 0.550. The number of sulfonamides is 1. The molecule has 0 aromatic heterocycles. The third-order valence-electron chi connectivity index (χ3n) is 2.48. The predicted octanol–water partition coefficient (Wildman–Crippen LogP) is 2.02. The summed E-state index contributed by atoms with van der Waals surface area (Å²) in [5, 5.41) is -0.370. The second kappa shape index (κ2) is 6.20. The largest absolute Gasteiger partial charge is 0.225 e. The molecule has 0 aliphatic rings. The van der Waals surface area contributed by atoms with E-state index in [9.17, 15) is 8.42 Å². The summed E-state index contributed by atoms with van der Waals surface area (Å²) in [6.45, 7) is 4.58. The summed E-state index contributed by atoms with van der Waals surface area (Å²) >= 11 is 6.99. The maximum atomic E-state index is 11.1. The first-order valence-corrected chi connectivity index (χ1v) is 7.95. The van der Waals surface area contributed by atoms with Crippen LogP contribution < -0.4 is 4.72 Å². The van der Waals surface area contributed by atoms with E-state index < -0.39 is 10.0 Å². The number of halogens is 1. The smallest absolute Gasteiger partial charge is 0.213 e. The fourth-order valence-corrected chi connectivity index (χ4v) is 2.83. The van der Waals surface area contributed by atoms with Crippen molar-refractivity contribution in [1.82, 2.24) is 4.72 Å². The molecule has 0 aliphatic heterocycles. The highest BCUT2D eigenvalue weighted by Gasteiger charge is 2.26. The Balaban J connectivity index is 4.34. The second-order valence-electron chi connectivity index (χ2n) is 3.14. The van der Waals surface area contributed by atoms with Crippen molar-refractivity contribution in [3.63, 3.8) is 0 Å². The molecule has 0 heterocycles. The molecule has 0 unspecified atom stereocenters. The van der Waals surface area contributed by atoms with Crippen molar-refractivity contribution < 1.29 is 8.42 Å². The molecular formula is C8H18ClNO2S2. The van der Waals surface area contributed by atoms with Crippen molar-refractivity contribution in [2.75, 3.05) is 18.0 Å². The first-order chi connectivity index (χ1) is 6.45. The topological polar surface area (TPSA) is 46.2 Å². The van der Waals surface area contributed by atoms with Crippen molar-refractivity contribution in [2.24, 2.45) is 0 Å². The summed E-state index contributed by atoms with van der Waals surface area (Å²) in [6, 6.07) is 0. The van der Waals surface area contributed by atoms with Gasteiger partial charge in [-0.15, -0.1) is 11.6 Å². The fraction of sp³-hybridized carbons (Fsp3) is 1.00. The van der Waals surface area contributed by atoms with Gasteiger partial charge in [0.1, 0.15) is 5.21 Å². The lowest BCUT2D eigenvalue weighted by molar-refractivity contribution is 0.524. The molecule has 0 amide bonds. The molecule has 14 heavy (non-hydrogen) atoms. The van der Waals surface area contributed by atoms with Crippen LogP contribution in [0.5, 0.6) is 0 Å². The number of nitrogens with one attached hydrogen (secondary N) is 1. The van der Waals surface area contributed by atoms with E-state index in [4.69, 9.17) is 11.6 Å². The highest BCUT2D eigenvalue weighted by molar-refractivity contribution is 8.00. The van der Waals surface area contributed by atoms with Gasteiger partial charge in [0, 0.05) is 11.3 Å². The quantitative estimate of drug-likeness (QED) is 0.712. The van der Waals surface area contributed by atoms with Gasteiger partial charge in [-0.25, -0.2) is 13.1 Å². The summed E-state index contributed by atoms with van der Waals surface area (Å²) in [5.41, 5.74) is 0. The SMILES string of the molecule is CCC(CC)(CNS(=O)(=O)CCl)SC. The van der Waals surface area contributed by atoms with Gasteiger partial charge in [0.05, 0.1) is 0 Å². The maximum absolute atomic E-state index is 11.1. The van der Waals surface area contributed by atoms with Gasteiger partial charge >= 0.3 is 0 Å². The predicted molar refractivity (Wildman–Crippen MR) is 64.5 cm³/mol. The van der Waals surface area contributed by atoms with Crippen LogP contribution in [0.15, 0.2) is 0 Å². The molecule has 0 aliphatic carbocycles. The lowest BCUT2D eigenvalue weighted by Crippen LogP contribution is -2.39. The summed E-state index contributed by atoms with van der Waals surface area (Å²) in [5.74, 6) is 0. The molecule has 0 spiro atoms. The summed E-state index contributed by atoms with van der Waals surface area (Å²) < 4.78 is 24.8. The van der Waals surface area contributed by atoms with Crippen LogP contribution in [0.25, 0.3) is 0 Å². The van der Waals surface area contributed by atoms with Crippen molar-refractivity contribution in [3.8, 4) is 0 Å². The molecule has 1 N–H and O–H groups in total. The minimum Gasteiger partial charge on any atom is -0.213 e.